The Balaban J connectivity index is 2.69. The van der Waals surface area contributed by atoms with Gasteiger partial charge in [-0.05, 0) is 19.4 Å². The average molecular weight is 175 g/mol. The van der Waals surface area contributed by atoms with Crippen molar-refractivity contribution in [3.8, 4) is 6.07 Å². The molecule has 68 valence electrons. The summed E-state index contributed by atoms with van der Waals surface area (Å²) < 4.78 is 0. The topological polar surface area (TPSA) is 48.2 Å². The van der Waals surface area contributed by atoms with Gasteiger partial charge in [-0.25, -0.2) is 4.99 Å². The molecule has 0 atom stereocenters. The van der Waals surface area contributed by atoms with Crippen molar-refractivity contribution in [2.75, 3.05) is 13.1 Å². The highest BCUT2D eigenvalue weighted by Gasteiger charge is 2.06. The normalized spacial score (nSPS) is 18.4. The van der Waals surface area contributed by atoms with Crippen molar-refractivity contribution < 1.29 is 0 Å². The smallest absolute Gasteiger partial charge is 0.136 e. The molecule has 0 bridgehead atoms. The van der Waals surface area contributed by atoms with Gasteiger partial charge >= 0.3 is 0 Å². The van der Waals surface area contributed by atoms with E-state index in [1.807, 2.05) is 13.0 Å². The van der Waals surface area contributed by atoms with Crippen LogP contribution < -0.4 is 5.32 Å². The largest absolute Gasteiger partial charge is 0.309 e. The SMILES string of the molecule is CC=C(C#N)/N=C\C1=C(C)CNC1. The van der Waals surface area contributed by atoms with Gasteiger partial charge in [-0.2, -0.15) is 5.26 Å². The summed E-state index contributed by atoms with van der Waals surface area (Å²) in [6, 6.07) is 2.01. The van der Waals surface area contributed by atoms with Crippen molar-refractivity contribution >= 4 is 6.21 Å². The van der Waals surface area contributed by atoms with Crippen LogP contribution in [0.15, 0.2) is 27.9 Å². The van der Waals surface area contributed by atoms with E-state index < -0.39 is 0 Å². The van der Waals surface area contributed by atoms with Crippen LogP contribution in [0.1, 0.15) is 13.8 Å². The Morgan fingerprint density at radius 1 is 1.62 bits per heavy atom. The summed E-state index contributed by atoms with van der Waals surface area (Å²) in [5.74, 6) is 0. The van der Waals surface area contributed by atoms with Crippen LogP contribution in [0.5, 0.6) is 0 Å². The molecule has 0 aromatic rings. The van der Waals surface area contributed by atoms with Crippen molar-refractivity contribution in [2.45, 2.75) is 13.8 Å². The van der Waals surface area contributed by atoms with E-state index in [-0.39, 0.29) is 0 Å². The van der Waals surface area contributed by atoms with E-state index >= 15 is 0 Å². The van der Waals surface area contributed by atoms with Crippen LogP contribution in [0.3, 0.4) is 0 Å². The molecule has 0 saturated heterocycles. The number of nitrogens with zero attached hydrogens (tertiary/aromatic N) is 2. The molecular formula is C10H13N3. The lowest BCUT2D eigenvalue weighted by Crippen LogP contribution is -2.08. The number of aliphatic imine (C=N–C) groups is 1. The minimum Gasteiger partial charge on any atom is -0.309 e. The number of rotatable bonds is 2. The summed E-state index contributed by atoms with van der Waals surface area (Å²) in [6.45, 7) is 5.67. The lowest BCUT2D eigenvalue weighted by Gasteiger charge is -1.92. The lowest BCUT2D eigenvalue weighted by atomic mass is 10.2. The Morgan fingerprint density at radius 3 is 2.85 bits per heavy atom. The molecule has 1 aliphatic heterocycles. The second kappa shape index (κ2) is 4.58. The summed E-state index contributed by atoms with van der Waals surface area (Å²) in [7, 11) is 0. The van der Waals surface area contributed by atoms with Crippen LogP contribution in [-0.4, -0.2) is 19.3 Å². The maximum absolute atomic E-state index is 8.60. The standard InChI is InChI=1S/C10H13N3/c1-3-10(4-11)13-7-9-6-12-5-8(9)2/h3,7,12H,5-6H2,1-2H3/b10-3?,13-7-. The second-order valence-corrected chi connectivity index (χ2v) is 2.95. The second-order valence-electron chi connectivity index (χ2n) is 2.95. The van der Waals surface area contributed by atoms with E-state index in [2.05, 4.69) is 17.2 Å². The van der Waals surface area contributed by atoms with Gasteiger partial charge in [0, 0.05) is 19.3 Å². The van der Waals surface area contributed by atoms with Gasteiger partial charge in [-0.15, -0.1) is 0 Å². The lowest BCUT2D eigenvalue weighted by molar-refractivity contribution is 0.871. The van der Waals surface area contributed by atoms with Gasteiger partial charge in [0.25, 0.3) is 0 Å². The molecule has 0 aliphatic carbocycles. The highest BCUT2D eigenvalue weighted by molar-refractivity contribution is 5.82. The molecule has 3 nitrogen and oxygen atoms in total. The maximum atomic E-state index is 8.60. The van der Waals surface area contributed by atoms with Crippen molar-refractivity contribution in [2.24, 2.45) is 4.99 Å². The van der Waals surface area contributed by atoms with Gasteiger partial charge in [0.2, 0.25) is 0 Å². The van der Waals surface area contributed by atoms with E-state index in [0.29, 0.717) is 5.70 Å². The van der Waals surface area contributed by atoms with E-state index in [9.17, 15) is 0 Å². The molecule has 13 heavy (non-hydrogen) atoms. The van der Waals surface area contributed by atoms with Gasteiger partial charge < -0.3 is 5.32 Å². The Morgan fingerprint density at radius 2 is 2.38 bits per heavy atom. The molecule has 1 N–H and O–H groups in total. The number of nitriles is 1. The van der Waals surface area contributed by atoms with Crippen LogP contribution >= 0.6 is 0 Å². The highest BCUT2D eigenvalue weighted by atomic mass is 14.9. The molecule has 1 aliphatic rings. The molecule has 1 heterocycles. The first-order valence-corrected chi connectivity index (χ1v) is 4.27. The number of allylic oxidation sites excluding steroid dienone is 2. The zero-order chi connectivity index (χ0) is 9.68. The van der Waals surface area contributed by atoms with Crippen molar-refractivity contribution in [1.82, 2.24) is 5.32 Å². The Labute approximate surface area is 78.5 Å². The molecule has 0 saturated carbocycles. The maximum Gasteiger partial charge on any atom is 0.136 e. The first-order valence-electron chi connectivity index (χ1n) is 4.27. The molecule has 0 aromatic heterocycles. The first kappa shape index (κ1) is 9.69. The predicted octanol–water partition coefficient (Wildman–Crippen LogP) is 1.40. The van der Waals surface area contributed by atoms with Crippen LogP contribution in [0, 0.1) is 11.3 Å². The Bertz CT molecular complexity index is 316. The summed E-state index contributed by atoms with van der Waals surface area (Å²) in [6.07, 6.45) is 3.47. The zero-order valence-corrected chi connectivity index (χ0v) is 7.96. The van der Waals surface area contributed by atoms with Crippen LogP contribution in [0.25, 0.3) is 0 Å². The molecule has 1 rings (SSSR count). The van der Waals surface area contributed by atoms with Crippen molar-refractivity contribution in [3.05, 3.63) is 22.9 Å². The number of hydrogen-bond acceptors (Lipinski definition) is 3. The molecule has 0 aromatic carbocycles. The molecule has 0 spiro atoms. The fourth-order valence-electron chi connectivity index (χ4n) is 1.12. The highest BCUT2D eigenvalue weighted by Crippen LogP contribution is 2.06. The van der Waals surface area contributed by atoms with Gasteiger partial charge in [-0.3, -0.25) is 0 Å². The summed E-state index contributed by atoms with van der Waals surface area (Å²) in [4.78, 5) is 4.07. The fourth-order valence-corrected chi connectivity index (χ4v) is 1.12. The van der Waals surface area contributed by atoms with Crippen LogP contribution in [0.2, 0.25) is 0 Å². The third-order valence-electron chi connectivity index (χ3n) is 2.00. The monoisotopic (exact) mass is 175 g/mol. The third kappa shape index (κ3) is 2.53. The number of hydrogen-bond donors (Lipinski definition) is 1. The average Bonchev–Trinajstić information content (AvgIpc) is 2.54. The van der Waals surface area contributed by atoms with Crippen LogP contribution in [0.4, 0.5) is 0 Å². The van der Waals surface area contributed by atoms with Gasteiger partial charge in [0.15, 0.2) is 0 Å². The number of nitrogens with one attached hydrogen (secondary N) is 1. The summed E-state index contributed by atoms with van der Waals surface area (Å²) in [5.41, 5.74) is 2.96. The molecule has 0 fully saturated rings. The molecular weight excluding hydrogens is 162 g/mol. The molecule has 0 unspecified atom stereocenters. The van der Waals surface area contributed by atoms with Crippen LogP contribution in [-0.2, 0) is 0 Å². The van der Waals surface area contributed by atoms with E-state index in [1.54, 1.807) is 12.3 Å². The van der Waals surface area contributed by atoms with Gasteiger partial charge in [0.05, 0.1) is 0 Å². The van der Waals surface area contributed by atoms with Crippen molar-refractivity contribution in [3.63, 3.8) is 0 Å². The van der Waals surface area contributed by atoms with Gasteiger partial charge in [0.1, 0.15) is 11.8 Å². The van der Waals surface area contributed by atoms with E-state index in [0.717, 1.165) is 13.1 Å². The minimum atomic E-state index is 0.465. The molecule has 3 heteroatoms. The minimum absolute atomic E-state index is 0.465. The molecule has 0 radical (unpaired) electrons. The van der Waals surface area contributed by atoms with Crippen molar-refractivity contribution in [1.29, 1.82) is 5.26 Å². The zero-order valence-electron chi connectivity index (χ0n) is 7.96. The van der Waals surface area contributed by atoms with E-state index in [1.165, 1.54) is 11.1 Å². The van der Waals surface area contributed by atoms with Gasteiger partial charge in [-0.1, -0.05) is 11.6 Å². The Kier molecular flexibility index (Phi) is 3.41. The summed E-state index contributed by atoms with van der Waals surface area (Å²) in [5, 5.41) is 11.8. The molecule has 0 amide bonds. The Hall–Kier alpha value is -1.40. The summed E-state index contributed by atoms with van der Waals surface area (Å²) >= 11 is 0. The third-order valence-corrected chi connectivity index (χ3v) is 2.00. The van der Waals surface area contributed by atoms with E-state index in [4.69, 9.17) is 5.26 Å². The quantitative estimate of drug-likeness (QED) is 0.509. The fraction of sp³-hybridized carbons (Fsp3) is 0.400. The first-order chi connectivity index (χ1) is 6.27. The predicted molar refractivity (Wildman–Crippen MR) is 53.4 cm³/mol.